The van der Waals surface area contributed by atoms with E-state index in [-0.39, 0.29) is 28.1 Å². The van der Waals surface area contributed by atoms with Crippen LogP contribution in [0.1, 0.15) is 96.3 Å². The van der Waals surface area contributed by atoms with Gasteiger partial charge in [0.1, 0.15) is 0 Å². The molecule has 6 aromatic rings. The number of fused-ring (bicyclic) bond motifs is 3. The van der Waals surface area contributed by atoms with Crippen LogP contribution >= 0.6 is 0 Å². The third kappa shape index (κ3) is 14.3. The van der Waals surface area contributed by atoms with Crippen LogP contribution in [0.2, 0.25) is 0 Å². The summed E-state index contributed by atoms with van der Waals surface area (Å²) in [5, 5.41) is 12.9. The van der Waals surface area contributed by atoms with Gasteiger partial charge >= 0.3 is 17.1 Å². The lowest BCUT2D eigenvalue weighted by molar-refractivity contribution is 0.0597. The Morgan fingerprint density at radius 1 is 0.506 bits per heavy atom. The van der Waals surface area contributed by atoms with E-state index in [0.29, 0.717) is 88.3 Å². The van der Waals surface area contributed by atoms with Crippen molar-refractivity contribution in [3.8, 4) is 0 Å². The van der Waals surface area contributed by atoms with Gasteiger partial charge in [-0.05, 0) is 132 Å². The molecular weight excluding hydrogens is 1020 g/mol. The normalized spacial score (nSPS) is 18.7. The predicted octanol–water partition coefficient (Wildman–Crippen LogP) is 2.86. The summed E-state index contributed by atoms with van der Waals surface area (Å²) in [7, 11) is 1.81. The highest BCUT2D eigenvalue weighted by Gasteiger charge is 2.28. The largest absolute Gasteiger partial charge is 0.381 e. The molecule has 77 heavy (non-hydrogen) atoms. The lowest BCUT2D eigenvalue weighted by Gasteiger charge is -2.22. The first-order valence-corrected chi connectivity index (χ1v) is 29.4. The third-order valence-electron chi connectivity index (χ3n) is 16.0. The van der Waals surface area contributed by atoms with Crippen LogP contribution in [0.25, 0.3) is 33.1 Å². The zero-order valence-electron chi connectivity index (χ0n) is 45.0. The van der Waals surface area contributed by atoms with Crippen molar-refractivity contribution in [2.45, 2.75) is 129 Å². The fourth-order valence-electron chi connectivity index (χ4n) is 10.4. The van der Waals surface area contributed by atoms with Crippen LogP contribution < -0.4 is 33.7 Å². The molecule has 0 amide bonds. The SMILES string of the molecule is CS(=O)(=O)OCCC1CCOCC1.Cn1c(=O)[nH]c(=O)c2c1cnn2CC1CC1.Cn1c(=O)n(CCC2CCOCC2)c(=O)c2c1cnn2CC1CC1.Cn1c(=O)n(CCC2CCOCC2)c(=O)c2c1cnn2CC1CC1. The molecule has 3 aliphatic carbocycles. The minimum absolute atomic E-state index is 0.196. The van der Waals surface area contributed by atoms with Crippen LogP contribution in [-0.2, 0) is 82.4 Å². The topological polar surface area (TPSA) is 267 Å². The number of hydrogen-bond acceptors (Lipinski definition) is 15. The van der Waals surface area contributed by atoms with E-state index < -0.39 is 15.8 Å². The molecule has 0 aromatic carbocycles. The Morgan fingerprint density at radius 2 is 0.857 bits per heavy atom. The highest BCUT2D eigenvalue weighted by molar-refractivity contribution is 7.85. The van der Waals surface area contributed by atoms with E-state index >= 15 is 0 Å². The van der Waals surface area contributed by atoms with Crippen molar-refractivity contribution in [3.05, 3.63) is 81.1 Å². The molecule has 0 spiro atoms. The summed E-state index contributed by atoms with van der Waals surface area (Å²) in [6, 6.07) is 0. The maximum Gasteiger partial charge on any atom is 0.331 e. The second-order valence-electron chi connectivity index (χ2n) is 22.0. The Balaban J connectivity index is 0.000000129. The van der Waals surface area contributed by atoms with E-state index in [4.69, 9.17) is 14.2 Å². The molecule has 0 unspecified atom stereocenters. The zero-order valence-corrected chi connectivity index (χ0v) is 45.8. The molecule has 0 radical (unpaired) electrons. The first kappa shape index (κ1) is 56.0. The first-order valence-electron chi connectivity index (χ1n) is 27.6. The predicted molar refractivity (Wildman–Crippen MR) is 288 cm³/mol. The number of rotatable bonds is 16. The lowest BCUT2D eigenvalue weighted by Crippen LogP contribution is -2.40. The molecule has 0 atom stereocenters. The molecule has 3 saturated carbocycles. The number of nitrogens with zero attached hydrogens (tertiary/aromatic N) is 11. The van der Waals surface area contributed by atoms with Crippen LogP contribution in [0.3, 0.4) is 0 Å². The zero-order chi connectivity index (χ0) is 54.4. The Hall–Kier alpha value is -5.76. The molecule has 6 aromatic heterocycles. The summed E-state index contributed by atoms with van der Waals surface area (Å²) in [6.07, 6.45) is 21.7. The van der Waals surface area contributed by atoms with Crippen molar-refractivity contribution >= 4 is 43.2 Å². The number of ether oxygens (including phenoxy) is 3. The van der Waals surface area contributed by atoms with E-state index in [1.54, 1.807) is 62.9 Å². The van der Waals surface area contributed by atoms with Crippen molar-refractivity contribution in [1.82, 2.24) is 57.2 Å². The quantitative estimate of drug-likeness (QED) is 0.137. The standard InChI is InChI=1S/2C17H24N4O3.C10H12N4O2.C8H16O4S/c2*1-19-14-10-18-21(11-13-2-3-13)15(14)16(22)20(17(19)23)7-4-12-5-8-24-9-6-12;1-13-7-4-11-14(5-6-2-3-6)8(7)9(15)12-10(13)16;1-13(9,10)12-7-4-8-2-5-11-6-3-8/h2*10,12-13H,2-9,11H2,1H3;4,6H,2-3,5H2,1H3,(H,12,15,16);8H,2-7H2,1H3. The molecule has 6 fully saturated rings. The van der Waals surface area contributed by atoms with Crippen molar-refractivity contribution in [3.63, 3.8) is 0 Å². The number of nitrogens with one attached hydrogen (secondary N) is 1. The summed E-state index contributed by atoms with van der Waals surface area (Å²) >= 11 is 0. The first-order chi connectivity index (χ1) is 37.0. The summed E-state index contributed by atoms with van der Waals surface area (Å²) in [5.41, 5.74) is 1.85. The molecule has 25 heteroatoms. The van der Waals surface area contributed by atoms with Gasteiger partial charge in [-0.25, -0.2) is 14.4 Å². The Kier molecular flexibility index (Phi) is 18.1. The van der Waals surface area contributed by atoms with Gasteiger partial charge in [-0.3, -0.25) is 60.4 Å². The average Bonchev–Trinajstić information content (AvgIpc) is 4.42. The van der Waals surface area contributed by atoms with Crippen molar-refractivity contribution in [2.24, 2.45) is 56.7 Å². The van der Waals surface area contributed by atoms with Crippen LogP contribution in [-0.4, -0.2) is 118 Å². The minimum atomic E-state index is -3.26. The van der Waals surface area contributed by atoms with E-state index in [1.165, 1.54) is 52.2 Å². The molecule has 9 heterocycles. The molecule has 3 saturated heterocycles. The summed E-state index contributed by atoms with van der Waals surface area (Å²) in [6.45, 7) is 8.29. The lowest BCUT2D eigenvalue weighted by atomic mass is 9.97. The van der Waals surface area contributed by atoms with Gasteiger partial charge in [0.05, 0.1) is 48.0 Å². The van der Waals surface area contributed by atoms with Gasteiger partial charge in [0, 0.05) is 93.5 Å². The number of aryl methyl sites for hydroxylation is 3. The molecule has 0 bridgehead atoms. The van der Waals surface area contributed by atoms with Gasteiger partial charge in [0.2, 0.25) is 0 Å². The van der Waals surface area contributed by atoms with E-state index in [2.05, 4.69) is 24.5 Å². The highest BCUT2D eigenvalue weighted by atomic mass is 32.2. The van der Waals surface area contributed by atoms with Gasteiger partial charge in [-0.2, -0.15) is 23.7 Å². The highest BCUT2D eigenvalue weighted by Crippen LogP contribution is 2.33. The molecule has 1 N–H and O–H groups in total. The molecule has 24 nitrogen and oxygen atoms in total. The Morgan fingerprint density at radius 3 is 1.22 bits per heavy atom. The molecular formula is C52H76N12O12S. The van der Waals surface area contributed by atoms with Crippen LogP contribution in [0.15, 0.2) is 47.4 Å². The Labute approximate surface area is 445 Å². The molecule has 422 valence electrons. The fraction of sp³-hybridized carbons (Fsp3) is 0.712. The number of aromatic nitrogens is 12. The second-order valence-corrected chi connectivity index (χ2v) is 23.6. The third-order valence-corrected chi connectivity index (χ3v) is 16.6. The van der Waals surface area contributed by atoms with Gasteiger partial charge in [-0.15, -0.1) is 0 Å². The van der Waals surface area contributed by atoms with Crippen molar-refractivity contribution in [1.29, 1.82) is 0 Å². The van der Waals surface area contributed by atoms with Gasteiger partial charge in [0.25, 0.3) is 26.8 Å². The fourth-order valence-corrected chi connectivity index (χ4v) is 10.8. The summed E-state index contributed by atoms with van der Waals surface area (Å²) in [4.78, 5) is 76.4. The van der Waals surface area contributed by atoms with Crippen molar-refractivity contribution < 1.29 is 26.8 Å². The smallest absolute Gasteiger partial charge is 0.331 e. The second kappa shape index (κ2) is 24.9. The van der Waals surface area contributed by atoms with Gasteiger partial charge in [0.15, 0.2) is 16.6 Å². The summed E-state index contributed by atoms with van der Waals surface area (Å²) in [5.74, 6) is 3.51. The van der Waals surface area contributed by atoms with Gasteiger partial charge in [-0.1, -0.05) is 0 Å². The van der Waals surface area contributed by atoms with Crippen LogP contribution in [0, 0.1) is 35.5 Å². The molecule has 3 aliphatic heterocycles. The molecule has 12 rings (SSSR count). The van der Waals surface area contributed by atoms with E-state index in [9.17, 15) is 37.2 Å². The average molecular weight is 1090 g/mol. The summed E-state index contributed by atoms with van der Waals surface area (Å²) < 4.78 is 54.4. The monoisotopic (exact) mass is 1090 g/mol. The number of aromatic amines is 1. The maximum atomic E-state index is 12.9. The van der Waals surface area contributed by atoms with Gasteiger partial charge < -0.3 is 14.2 Å². The molecule has 6 aliphatic rings. The van der Waals surface area contributed by atoms with E-state index in [0.717, 1.165) is 123 Å². The minimum Gasteiger partial charge on any atom is -0.381 e. The van der Waals surface area contributed by atoms with Crippen molar-refractivity contribution in [2.75, 3.05) is 52.5 Å². The number of hydrogen-bond donors (Lipinski definition) is 1. The Bertz CT molecular complexity index is 3330. The van der Waals surface area contributed by atoms with E-state index in [1.807, 2.05) is 0 Å². The van der Waals surface area contributed by atoms with Crippen LogP contribution in [0.5, 0.6) is 0 Å². The number of H-pyrrole nitrogens is 1. The van der Waals surface area contributed by atoms with Crippen LogP contribution in [0.4, 0.5) is 0 Å². The maximum absolute atomic E-state index is 12.9.